The maximum Gasteiger partial charge on any atom is 0.254 e. The fourth-order valence-electron chi connectivity index (χ4n) is 2.67. The van der Waals surface area contributed by atoms with Crippen molar-refractivity contribution in [2.24, 2.45) is 0 Å². The Labute approximate surface area is 145 Å². The molecule has 0 aliphatic carbocycles. The summed E-state index contributed by atoms with van der Waals surface area (Å²) in [4.78, 5) is 32.3. The van der Waals surface area contributed by atoms with Gasteiger partial charge in [-0.15, -0.1) is 0 Å². The normalized spacial score (nSPS) is 15.2. The van der Waals surface area contributed by atoms with Gasteiger partial charge in [0.25, 0.3) is 11.8 Å². The van der Waals surface area contributed by atoms with Crippen LogP contribution in [0.5, 0.6) is 0 Å². The van der Waals surface area contributed by atoms with E-state index in [4.69, 9.17) is 0 Å². The fourth-order valence-corrected chi connectivity index (χ4v) is 3.30. The Balaban J connectivity index is 1.38. The number of aromatic nitrogens is 1. The van der Waals surface area contributed by atoms with Crippen LogP contribution in [0.4, 0.5) is 0 Å². The molecule has 6 nitrogen and oxygen atoms in total. The summed E-state index contributed by atoms with van der Waals surface area (Å²) in [6.07, 6.45) is 3.21. The smallest absolute Gasteiger partial charge is 0.254 e. The molecule has 0 saturated carbocycles. The van der Waals surface area contributed by atoms with E-state index in [1.54, 1.807) is 35.9 Å². The molecule has 126 valence electrons. The van der Waals surface area contributed by atoms with Crippen LogP contribution < -0.4 is 5.32 Å². The van der Waals surface area contributed by atoms with Crippen LogP contribution in [0.2, 0.25) is 0 Å². The summed E-state index contributed by atoms with van der Waals surface area (Å²) < 4.78 is 0. The Morgan fingerprint density at radius 2 is 2.00 bits per heavy atom. The third-order valence-electron chi connectivity index (χ3n) is 4.06. The first-order valence-corrected chi connectivity index (χ1v) is 8.90. The number of hydrogen-bond acceptors (Lipinski definition) is 5. The highest BCUT2D eigenvalue weighted by Gasteiger charge is 2.22. The molecule has 1 fully saturated rings. The van der Waals surface area contributed by atoms with Crippen molar-refractivity contribution in [3.63, 3.8) is 0 Å². The topological polar surface area (TPSA) is 65.5 Å². The molecule has 1 aliphatic heterocycles. The number of nitrogens with zero attached hydrogens (tertiary/aromatic N) is 3. The number of hydrogen-bond donors (Lipinski definition) is 1. The second kappa shape index (κ2) is 8.03. The summed E-state index contributed by atoms with van der Waals surface area (Å²) in [5.41, 5.74) is 1.35. The van der Waals surface area contributed by atoms with Crippen molar-refractivity contribution < 1.29 is 9.59 Å². The summed E-state index contributed by atoms with van der Waals surface area (Å²) in [7, 11) is 0. The van der Waals surface area contributed by atoms with Crippen molar-refractivity contribution in [2.45, 2.75) is 0 Å². The summed E-state index contributed by atoms with van der Waals surface area (Å²) in [5, 5.41) is 6.72. The van der Waals surface area contributed by atoms with Crippen molar-refractivity contribution in [1.29, 1.82) is 0 Å². The van der Waals surface area contributed by atoms with Crippen molar-refractivity contribution in [3.8, 4) is 0 Å². The lowest BCUT2D eigenvalue weighted by Crippen LogP contribution is -2.50. The number of carbonyl (C=O) groups excluding carboxylic acids is 2. The average molecular weight is 344 g/mol. The van der Waals surface area contributed by atoms with E-state index in [1.807, 2.05) is 21.7 Å². The van der Waals surface area contributed by atoms with Gasteiger partial charge in [0.2, 0.25) is 0 Å². The molecule has 7 heteroatoms. The van der Waals surface area contributed by atoms with Crippen LogP contribution in [-0.4, -0.2) is 65.9 Å². The number of piperazine rings is 1. The second-order valence-corrected chi connectivity index (χ2v) is 6.42. The quantitative estimate of drug-likeness (QED) is 0.889. The molecule has 3 rings (SSSR count). The van der Waals surface area contributed by atoms with Crippen molar-refractivity contribution in [2.75, 3.05) is 39.3 Å². The molecule has 1 N–H and O–H groups in total. The van der Waals surface area contributed by atoms with Gasteiger partial charge in [-0.1, -0.05) is 0 Å². The summed E-state index contributed by atoms with van der Waals surface area (Å²) in [6.45, 7) is 4.49. The van der Waals surface area contributed by atoms with E-state index < -0.39 is 0 Å². The molecule has 2 amide bonds. The highest BCUT2D eigenvalue weighted by atomic mass is 32.1. The van der Waals surface area contributed by atoms with Gasteiger partial charge in [0, 0.05) is 57.0 Å². The van der Waals surface area contributed by atoms with Gasteiger partial charge >= 0.3 is 0 Å². The zero-order chi connectivity index (χ0) is 16.8. The average Bonchev–Trinajstić information content (AvgIpc) is 3.17. The summed E-state index contributed by atoms with van der Waals surface area (Å²) >= 11 is 1.54. The van der Waals surface area contributed by atoms with Crippen LogP contribution in [0.25, 0.3) is 0 Å². The van der Waals surface area contributed by atoms with E-state index >= 15 is 0 Å². The minimum atomic E-state index is -0.102. The molecule has 3 heterocycles. The molecular formula is C17H20N4O2S. The third-order valence-corrected chi connectivity index (χ3v) is 4.75. The second-order valence-electron chi connectivity index (χ2n) is 5.64. The molecule has 1 aliphatic rings. The Bertz CT molecular complexity index is 667. The van der Waals surface area contributed by atoms with Gasteiger partial charge in [-0.3, -0.25) is 19.5 Å². The lowest BCUT2D eigenvalue weighted by atomic mass is 10.2. The Kier molecular flexibility index (Phi) is 5.55. The maximum atomic E-state index is 12.3. The monoisotopic (exact) mass is 344 g/mol. The van der Waals surface area contributed by atoms with Crippen LogP contribution in [0.3, 0.4) is 0 Å². The molecule has 0 bridgehead atoms. The van der Waals surface area contributed by atoms with Gasteiger partial charge in [-0.2, -0.15) is 11.3 Å². The lowest BCUT2D eigenvalue weighted by Gasteiger charge is -2.34. The molecule has 0 spiro atoms. The van der Waals surface area contributed by atoms with Gasteiger partial charge in [0.05, 0.1) is 11.1 Å². The zero-order valence-electron chi connectivity index (χ0n) is 13.4. The summed E-state index contributed by atoms with van der Waals surface area (Å²) in [5.74, 6) is 0.00940. The zero-order valence-corrected chi connectivity index (χ0v) is 14.2. The predicted molar refractivity (Wildman–Crippen MR) is 93.2 cm³/mol. The first kappa shape index (κ1) is 16.6. The molecule has 1 saturated heterocycles. The lowest BCUT2D eigenvalue weighted by molar-refractivity contribution is 0.0638. The minimum absolute atomic E-state index is 0.102. The highest BCUT2D eigenvalue weighted by Crippen LogP contribution is 2.11. The highest BCUT2D eigenvalue weighted by molar-refractivity contribution is 7.08. The molecule has 24 heavy (non-hydrogen) atoms. The van der Waals surface area contributed by atoms with Gasteiger partial charge in [-0.05, 0) is 23.6 Å². The van der Waals surface area contributed by atoms with Crippen molar-refractivity contribution in [3.05, 3.63) is 52.5 Å². The van der Waals surface area contributed by atoms with Crippen LogP contribution in [0.15, 0.2) is 41.4 Å². The molecule has 2 aromatic rings. The SMILES string of the molecule is O=C(NCCN1CCN(C(=O)c2ccsc2)CC1)c1cccnc1. The Morgan fingerprint density at radius 1 is 1.17 bits per heavy atom. The van der Waals surface area contributed by atoms with Gasteiger partial charge < -0.3 is 10.2 Å². The third kappa shape index (κ3) is 4.18. The summed E-state index contributed by atoms with van der Waals surface area (Å²) in [6, 6.07) is 5.36. The first-order valence-electron chi connectivity index (χ1n) is 7.96. The Morgan fingerprint density at radius 3 is 2.67 bits per heavy atom. The van der Waals surface area contributed by atoms with E-state index in [1.165, 1.54) is 0 Å². The number of pyridine rings is 1. The number of rotatable bonds is 5. The van der Waals surface area contributed by atoms with E-state index in [-0.39, 0.29) is 11.8 Å². The number of carbonyl (C=O) groups is 2. The van der Waals surface area contributed by atoms with Gasteiger partial charge in [0.15, 0.2) is 0 Å². The Hall–Kier alpha value is -2.25. The largest absolute Gasteiger partial charge is 0.351 e. The van der Waals surface area contributed by atoms with Crippen LogP contribution in [-0.2, 0) is 0 Å². The molecular weight excluding hydrogens is 324 g/mol. The molecule has 2 aromatic heterocycles. The van der Waals surface area contributed by atoms with Crippen LogP contribution in [0, 0.1) is 0 Å². The van der Waals surface area contributed by atoms with E-state index in [2.05, 4.69) is 15.2 Å². The van der Waals surface area contributed by atoms with Gasteiger partial charge in [-0.25, -0.2) is 0 Å². The van der Waals surface area contributed by atoms with E-state index in [0.29, 0.717) is 12.1 Å². The van der Waals surface area contributed by atoms with E-state index in [0.717, 1.165) is 38.3 Å². The van der Waals surface area contributed by atoms with E-state index in [9.17, 15) is 9.59 Å². The van der Waals surface area contributed by atoms with Gasteiger partial charge in [0.1, 0.15) is 0 Å². The molecule has 0 aromatic carbocycles. The first-order chi connectivity index (χ1) is 11.7. The molecule has 0 atom stereocenters. The van der Waals surface area contributed by atoms with Crippen molar-refractivity contribution in [1.82, 2.24) is 20.1 Å². The van der Waals surface area contributed by atoms with Crippen molar-refractivity contribution >= 4 is 23.2 Å². The minimum Gasteiger partial charge on any atom is -0.351 e. The maximum absolute atomic E-state index is 12.3. The van der Waals surface area contributed by atoms with Crippen LogP contribution in [0.1, 0.15) is 20.7 Å². The fraction of sp³-hybridized carbons (Fsp3) is 0.353. The molecule has 0 unspecified atom stereocenters. The molecule has 0 radical (unpaired) electrons. The number of nitrogens with one attached hydrogen (secondary N) is 1. The predicted octanol–water partition coefficient (Wildman–Crippen LogP) is 1.33. The van der Waals surface area contributed by atoms with Crippen LogP contribution >= 0.6 is 11.3 Å². The number of amides is 2. The number of thiophene rings is 1. The standard InChI is InChI=1S/C17H20N4O2S/c22-16(14-2-1-4-18-12-14)19-5-6-20-7-9-21(10-8-20)17(23)15-3-11-24-13-15/h1-4,11-13H,5-10H2,(H,19,22).